The molecule has 0 bridgehead atoms. The first-order valence-electron chi connectivity index (χ1n) is 6.68. The number of nitrogens with one attached hydrogen (secondary N) is 1. The summed E-state index contributed by atoms with van der Waals surface area (Å²) in [6.45, 7) is 11.1. The second-order valence-electron chi connectivity index (χ2n) is 6.38. The summed E-state index contributed by atoms with van der Waals surface area (Å²) in [5.41, 5.74) is 4.93. The van der Waals surface area contributed by atoms with Gasteiger partial charge in [-0.3, -0.25) is 4.79 Å². The van der Waals surface area contributed by atoms with Gasteiger partial charge in [0.05, 0.1) is 6.54 Å². The van der Waals surface area contributed by atoms with Crippen LogP contribution in [-0.2, 0) is 10.2 Å². The number of benzene rings is 1. The number of amides is 1. The van der Waals surface area contributed by atoms with Gasteiger partial charge in [0.15, 0.2) is 0 Å². The van der Waals surface area contributed by atoms with E-state index in [1.807, 2.05) is 0 Å². The fourth-order valence-electron chi connectivity index (χ4n) is 2.00. The van der Waals surface area contributed by atoms with Crippen LogP contribution in [0.1, 0.15) is 37.5 Å². The van der Waals surface area contributed by atoms with Gasteiger partial charge in [0.1, 0.15) is 0 Å². The molecule has 0 radical (unpaired) electrons. The number of anilines is 1. The molecule has 0 aliphatic carbocycles. The van der Waals surface area contributed by atoms with E-state index in [0.717, 1.165) is 5.69 Å². The van der Waals surface area contributed by atoms with E-state index < -0.39 is 0 Å². The molecule has 3 nitrogen and oxygen atoms in total. The zero-order chi connectivity index (χ0) is 14.8. The molecule has 19 heavy (non-hydrogen) atoms. The molecule has 1 amide bonds. The highest BCUT2D eigenvalue weighted by Crippen LogP contribution is 2.29. The predicted octanol–water partition coefficient (Wildman–Crippen LogP) is 3.10. The maximum atomic E-state index is 11.6. The molecule has 0 aliphatic rings. The van der Waals surface area contributed by atoms with Gasteiger partial charge in [-0.1, -0.05) is 32.9 Å². The highest BCUT2D eigenvalue weighted by molar-refractivity contribution is 5.81. The van der Waals surface area contributed by atoms with Gasteiger partial charge in [0.2, 0.25) is 5.91 Å². The second kappa shape index (κ2) is 5.64. The summed E-state index contributed by atoms with van der Waals surface area (Å²) in [7, 11) is 3.54. The van der Waals surface area contributed by atoms with Crippen LogP contribution in [0.5, 0.6) is 0 Å². The fourth-order valence-corrected chi connectivity index (χ4v) is 2.00. The first kappa shape index (κ1) is 15.5. The smallest absolute Gasteiger partial charge is 0.241 e. The third-order valence-electron chi connectivity index (χ3n) is 3.31. The van der Waals surface area contributed by atoms with Crippen molar-refractivity contribution in [2.45, 2.75) is 40.0 Å². The van der Waals surface area contributed by atoms with E-state index in [1.165, 1.54) is 16.7 Å². The molecule has 1 N–H and O–H groups in total. The fraction of sp³-hybridized carbons (Fsp3) is 0.562. The third-order valence-corrected chi connectivity index (χ3v) is 3.31. The lowest BCUT2D eigenvalue weighted by Gasteiger charge is -2.23. The zero-order valence-electron chi connectivity index (χ0n) is 13.2. The third kappa shape index (κ3) is 3.98. The van der Waals surface area contributed by atoms with Crippen LogP contribution >= 0.6 is 0 Å². The number of carbonyl (C=O) groups excluding carboxylic acids is 1. The van der Waals surface area contributed by atoms with Crippen molar-refractivity contribution in [3.05, 3.63) is 28.8 Å². The Bertz CT molecular complexity index is 447. The quantitative estimate of drug-likeness (QED) is 0.908. The Balaban J connectivity index is 2.95. The SMILES string of the molecule is Cc1cc(C(C)(C)C)cc(C)c1NCC(=O)N(C)C. The van der Waals surface area contributed by atoms with Gasteiger partial charge >= 0.3 is 0 Å². The molecule has 0 fully saturated rings. The number of nitrogens with zero attached hydrogens (tertiary/aromatic N) is 1. The lowest BCUT2D eigenvalue weighted by Crippen LogP contribution is -2.29. The Morgan fingerprint density at radius 2 is 1.63 bits per heavy atom. The molecule has 0 saturated heterocycles. The van der Waals surface area contributed by atoms with Gasteiger partial charge in [-0.05, 0) is 36.0 Å². The summed E-state index contributed by atoms with van der Waals surface area (Å²) in [5.74, 6) is 0.0821. The monoisotopic (exact) mass is 262 g/mol. The van der Waals surface area contributed by atoms with Crippen molar-refractivity contribution in [3.8, 4) is 0 Å². The van der Waals surface area contributed by atoms with Gasteiger partial charge in [-0.2, -0.15) is 0 Å². The Morgan fingerprint density at radius 1 is 1.16 bits per heavy atom. The van der Waals surface area contributed by atoms with Gasteiger partial charge in [0, 0.05) is 19.8 Å². The molecule has 1 aromatic carbocycles. The van der Waals surface area contributed by atoms with Crippen molar-refractivity contribution in [1.82, 2.24) is 4.90 Å². The number of rotatable bonds is 3. The largest absolute Gasteiger partial charge is 0.376 e. The molecule has 1 aromatic rings. The molecule has 0 heterocycles. The van der Waals surface area contributed by atoms with Gasteiger partial charge in [-0.15, -0.1) is 0 Å². The minimum Gasteiger partial charge on any atom is -0.376 e. The number of carbonyl (C=O) groups is 1. The molecule has 0 atom stereocenters. The molecule has 1 rings (SSSR count). The van der Waals surface area contributed by atoms with Crippen molar-refractivity contribution in [2.24, 2.45) is 0 Å². The van der Waals surface area contributed by atoms with Crippen LogP contribution in [0, 0.1) is 13.8 Å². The summed E-state index contributed by atoms with van der Waals surface area (Å²) in [5, 5.41) is 3.25. The van der Waals surface area contributed by atoms with E-state index in [-0.39, 0.29) is 11.3 Å². The van der Waals surface area contributed by atoms with Crippen LogP contribution < -0.4 is 5.32 Å². The Kier molecular flexibility index (Phi) is 4.61. The van der Waals surface area contributed by atoms with Gasteiger partial charge < -0.3 is 10.2 Å². The van der Waals surface area contributed by atoms with Crippen LogP contribution in [0.4, 0.5) is 5.69 Å². The number of hydrogen-bond acceptors (Lipinski definition) is 2. The van der Waals surface area contributed by atoms with Crippen molar-refractivity contribution in [3.63, 3.8) is 0 Å². The Morgan fingerprint density at radius 3 is 2.00 bits per heavy atom. The summed E-state index contributed by atoms with van der Waals surface area (Å²) < 4.78 is 0. The predicted molar refractivity (Wildman–Crippen MR) is 81.8 cm³/mol. The van der Waals surface area contributed by atoms with Crippen molar-refractivity contribution < 1.29 is 4.79 Å². The standard InChI is InChI=1S/C16H26N2O/c1-11-8-13(16(3,4)5)9-12(2)15(11)17-10-14(19)18(6)7/h8-9,17H,10H2,1-7H3. The van der Waals surface area contributed by atoms with E-state index in [1.54, 1.807) is 19.0 Å². The van der Waals surface area contributed by atoms with Gasteiger partial charge in [-0.25, -0.2) is 0 Å². The average Bonchev–Trinajstić information content (AvgIpc) is 2.25. The van der Waals surface area contributed by atoms with Gasteiger partial charge in [0.25, 0.3) is 0 Å². The Labute approximate surface area is 117 Å². The molecule has 0 spiro atoms. The number of likely N-dealkylation sites (N-methyl/N-ethyl adjacent to an activating group) is 1. The summed E-state index contributed by atoms with van der Waals surface area (Å²) in [6, 6.07) is 4.41. The molecular weight excluding hydrogens is 236 g/mol. The van der Waals surface area contributed by atoms with Crippen LogP contribution in [0.2, 0.25) is 0 Å². The highest BCUT2D eigenvalue weighted by atomic mass is 16.2. The van der Waals surface area contributed by atoms with E-state index in [4.69, 9.17) is 0 Å². The molecule has 3 heteroatoms. The van der Waals surface area contributed by atoms with E-state index in [9.17, 15) is 4.79 Å². The summed E-state index contributed by atoms with van der Waals surface area (Å²) >= 11 is 0. The lowest BCUT2D eigenvalue weighted by molar-refractivity contribution is -0.126. The van der Waals surface area contributed by atoms with Crippen LogP contribution in [0.3, 0.4) is 0 Å². The van der Waals surface area contributed by atoms with E-state index in [0.29, 0.717) is 6.54 Å². The molecule has 0 aromatic heterocycles. The highest BCUT2D eigenvalue weighted by Gasteiger charge is 2.16. The minimum atomic E-state index is 0.0821. The lowest BCUT2D eigenvalue weighted by atomic mass is 9.85. The van der Waals surface area contributed by atoms with Crippen LogP contribution in [0.25, 0.3) is 0 Å². The number of aryl methyl sites for hydroxylation is 2. The topological polar surface area (TPSA) is 32.3 Å². The zero-order valence-corrected chi connectivity index (χ0v) is 13.2. The normalized spacial score (nSPS) is 11.3. The Hall–Kier alpha value is -1.51. The molecule has 0 saturated carbocycles. The van der Waals surface area contributed by atoms with Crippen LogP contribution in [0.15, 0.2) is 12.1 Å². The molecule has 0 unspecified atom stereocenters. The summed E-state index contributed by atoms with van der Waals surface area (Å²) in [4.78, 5) is 13.2. The van der Waals surface area contributed by atoms with Crippen molar-refractivity contribution in [1.29, 1.82) is 0 Å². The van der Waals surface area contributed by atoms with E-state index >= 15 is 0 Å². The minimum absolute atomic E-state index is 0.0821. The molecule has 0 aliphatic heterocycles. The maximum Gasteiger partial charge on any atom is 0.241 e. The number of hydrogen-bond donors (Lipinski definition) is 1. The second-order valence-corrected chi connectivity index (χ2v) is 6.38. The van der Waals surface area contributed by atoms with Crippen molar-refractivity contribution in [2.75, 3.05) is 26.0 Å². The summed E-state index contributed by atoms with van der Waals surface area (Å²) in [6.07, 6.45) is 0. The first-order chi connectivity index (χ1) is 8.62. The van der Waals surface area contributed by atoms with E-state index in [2.05, 4.69) is 52.1 Å². The van der Waals surface area contributed by atoms with Crippen molar-refractivity contribution >= 4 is 11.6 Å². The molecular formula is C16H26N2O. The molecule has 106 valence electrons. The maximum absolute atomic E-state index is 11.6. The average molecular weight is 262 g/mol. The van der Waals surface area contributed by atoms with Crippen LogP contribution in [-0.4, -0.2) is 31.4 Å². The first-order valence-corrected chi connectivity index (χ1v) is 6.68.